The Morgan fingerprint density at radius 2 is 1.88 bits per heavy atom. The molecular formula is C21H34N2O2. The summed E-state index contributed by atoms with van der Waals surface area (Å²) in [5, 5.41) is 12.9. The average Bonchev–Trinajstić information content (AvgIpc) is 2.60. The van der Waals surface area contributed by atoms with Gasteiger partial charge in [0.2, 0.25) is 5.91 Å². The van der Waals surface area contributed by atoms with Crippen molar-refractivity contribution in [3.8, 4) is 0 Å². The van der Waals surface area contributed by atoms with E-state index < -0.39 is 0 Å². The van der Waals surface area contributed by atoms with E-state index in [2.05, 4.69) is 51.2 Å². The summed E-state index contributed by atoms with van der Waals surface area (Å²) in [6, 6.07) is 8.35. The fourth-order valence-electron chi connectivity index (χ4n) is 3.73. The molecule has 1 aromatic rings. The number of rotatable bonds is 7. The Morgan fingerprint density at radius 3 is 2.44 bits per heavy atom. The number of aliphatic hydroxyl groups excluding tert-OH is 1. The molecule has 0 aliphatic carbocycles. The maximum absolute atomic E-state index is 13.1. The zero-order valence-electron chi connectivity index (χ0n) is 16.2. The average molecular weight is 347 g/mol. The van der Waals surface area contributed by atoms with Gasteiger partial charge in [0.1, 0.15) is 0 Å². The number of carbonyl (C=O) groups excluding carboxylic acids is 1. The Hall–Kier alpha value is -1.39. The summed E-state index contributed by atoms with van der Waals surface area (Å²) in [7, 11) is 0. The fraction of sp³-hybridized carbons (Fsp3) is 0.667. The van der Waals surface area contributed by atoms with Crippen LogP contribution in [0.1, 0.15) is 57.2 Å². The molecule has 2 N–H and O–H groups in total. The topological polar surface area (TPSA) is 52.6 Å². The molecule has 1 saturated heterocycles. The van der Waals surface area contributed by atoms with Crippen LogP contribution in [0.15, 0.2) is 24.3 Å². The van der Waals surface area contributed by atoms with Gasteiger partial charge < -0.3 is 10.0 Å². The number of benzene rings is 1. The van der Waals surface area contributed by atoms with Gasteiger partial charge in [0.25, 0.3) is 0 Å². The summed E-state index contributed by atoms with van der Waals surface area (Å²) in [6.45, 7) is 10.3. The van der Waals surface area contributed by atoms with Crippen LogP contribution in [0.25, 0.3) is 0 Å². The molecule has 4 nitrogen and oxygen atoms in total. The second kappa shape index (κ2) is 9.35. The first kappa shape index (κ1) is 19.9. The van der Waals surface area contributed by atoms with Crippen LogP contribution < -0.4 is 5.32 Å². The van der Waals surface area contributed by atoms with Crippen molar-refractivity contribution in [3.63, 3.8) is 0 Å². The van der Waals surface area contributed by atoms with Gasteiger partial charge in [0, 0.05) is 25.7 Å². The van der Waals surface area contributed by atoms with Gasteiger partial charge in [-0.05, 0) is 56.1 Å². The lowest BCUT2D eigenvalue weighted by Crippen LogP contribution is -2.50. The highest BCUT2D eigenvalue weighted by Crippen LogP contribution is 2.22. The summed E-state index contributed by atoms with van der Waals surface area (Å²) in [6.07, 6.45) is 2.66. The van der Waals surface area contributed by atoms with Crippen LogP contribution in [0.2, 0.25) is 0 Å². The van der Waals surface area contributed by atoms with Gasteiger partial charge in [-0.15, -0.1) is 0 Å². The van der Waals surface area contributed by atoms with Crippen LogP contribution in [0.4, 0.5) is 0 Å². The smallest absolute Gasteiger partial charge is 0.239 e. The van der Waals surface area contributed by atoms with E-state index in [1.54, 1.807) is 0 Å². The minimum absolute atomic E-state index is 0.142. The van der Waals surface area contributed by atoms with Crippen molar-refractivity contribution in [2.75, 3.05) is 19.7 Å². The summed E-state index contributed by atoms with van der Waals surface area (Å²) in [5.74, 6) is 1.03. The van der Waals surface area contributed by atoms with Gasteiger partial charge in [0.15, 0.2) is 0 Å². The molecule has 1 fully saturated rings. The Labute approximate surface area is 152 Å². The molecule has 0 bridgehead atoms. The highest BCUT2D eigenvalue weighted by molar-refractivity contribution is 5.82. The first-order valence-corrected chi connectivity index (χ1v) is 9.63. The zero-order valence-corrected chi connectivity index (χ0v) is 16.2. The van der Waals surface area contributed by atoms with Gasteiger partial charge in [-0.1, -0.05) is 38.1 Å². The molecule has 25 heavy (non-hydrogen) atoms. The first-order valence-electron chi connectivity index (χ1n) is 9.63. The fourth-order valence-corrected chi connectivity index (χ4v) is 3.73. The van der Waals surface area contributed by atoms with Gasteiger partial charge in [-0.3, -0.25) is 10.1 Å². The van der Waals surface area contributed by atoms with Crippen molar-refractivity contribution in [2.45, 2.75) is 59.0 Å². The molecule has 140 valence electrons. The lowest BCUT2D eigenvalue weighted by atomic mass is 9.95. The number of piperidine rings is 1. The third-order valence-corrected chi connectivity index (χ3v) is 5.30. The van der Waals surface area contributed by atoms with E-state index in [4.69, 9.17) is 0 Å². The molecule has 1 aliphatic rings. The molecule has 2 atom stereocenters. The minimum Gasteiger partial charge on any atom is -0.396 e. The van der Waals surface area contributed by atoms with Crippen LogP contribution >= 0.6 is 0 Å². The minimum atomic E-state index is -0.153. The van der Waals surface area contributed by atoms with E-state index in [9.17, 15) is 9.90 Å². The summed E-state index contributed by atoms with van der Waals surface area (Å²) < 4.78 is 0. The summed E-state index contributed by atoms with van der Waals surface area (Å²) >= 11 is 0. The van der Waals surface area contributed by atoms with Gasteiger partial charge in [-0.25, -0.2) is 0 Å². The van der Waals surface area contributed by atoms with Crippen molar-refractivity contribution >= 4 is 5.91 Å². The molecule has 1 aliphatic heterocycles. The van der Waals surface area contributed by atoms with Crippen molar-refractivity contribution < 1.29 is 9.90 Å². The normalized spacial score (nSPS) is 18.4. The number of aryl methyl sites for hydroxylation is 1. The molecule has 2 unspecified atom stereocenters. The molecule has 0 spiro atoms. The van der Waals surface area contributed by atoms with Gasteiger partial charge in [0.05, 0.1) is 6.04 Å². The van der Waals surface area contributed by atoms with E-state index in [1.165, 1.54) is 11.1 Å². The maximum Gasteiger partial charge on any atom is 0.239 e. The number of aliphatic hydroxyl groups is 1. The number of nitrogens with zero attached hydrogens (tertiary/aromatic N) is 1. The van der Waals surface area contributed by atoms with E-state index in [1.807, 2.05) is 11.0 Å². The van der Waals surface area contributed by atoms with E-state index in [0.29, 0.717) is 11.8 Å². The number of amides is 1. The number of hydrogen-bond donors (Lipinski definition) is 2. The van der Waals surface area contributed by atoms with Crippen molar-refractivity contribution in [1.82, 2.24) is 10.2 Å². The number of nitrogens with one attached hydrogen (secondary N) is 1. The highest BCUT2D eigenvalue weighted by atomic mass is 16.3. The molecular weight excluding hydrogens is 312 g/mol. The summed E-state index contributed by atoms with van der Waals surface area (Å²) in [4.78, 5) is 15.1. The number of likely N-dealkylation sites (tertiary alicyclic amines) is 1. The van der Waals surface area contributed by atoms with E-state index in [0.717, 1.165) is 32.4 Å². The van der Waals surface area contributed by atoms with Crippen LogP contribution in [0.5, 0.6) is 0 Å². The van der Waals surface area contributed by atoms with E-state index >= 15 is 0 Å². The predicted octanol–water partition coefficient (Wildman–Crippen LogP) is 3.29. The molecule has 0 radical (unpaired) electrons. The van der Waals surface area contributed by atoms with Gasteiger partial charge >= 0.3 is 0 Å². The van der Waals surface area contributed by atoms with Gasteiger partial charge in [-0.2, -0.15) is 0 Å². The lowest BCUT2D eigenvalue weighted by molar-refractivity contribution is -0.135. The standard InChI is InChI=1S/C21H34N2O2/c1-15(2)13-20(21(25)23-11-9-18(14-24)10-12-23)22-17(4)19-8-6-5-7-16(19)3/h5-8,15,17-18,20,22,24H,9-14H2,1-4H3. The van der Waals surface area contributed by atoms with Crippen LogP contribution in [-0.4, -0.2) is 41.7 Å². The Balaban J connectivity index is 2.05. The van der Waals surface area contributed by atoms with E-state index in [-0.39, 0.29) is 24.6 Å². The Kier molecular flexibility index (Phi) is 7.45. The second-order valence-electron chi connectivity index (χ2n) is 7.88. The molecule has 2 rings (SSSR count). The third kappa shape index (κ3) is 5.55. The predicted molar refractivity (Wildman–Crippen MR) is 102 cm³/mol. The molecule has 0 aromatic heterocycles. The third-order valence-electron chi connectivity index (χ3n) is 5.30. The molecule has 1 amide bonds. The molecule has 1 heterocycles. The highest BCUT2D eigenvalue weighted by Gasteiger charge is 2.29. The van der Waals surface area contributed by atoms with Crippen LogP contribution in [0.3, 0.4) is 0 Å². The first-order chi connectivity index (χ1) is 11.9. The Morgan fingerprint density at radius 1 is 1.24 bits per heavy atom. The number of hydrogen-bond acceptors (Lipinski definition) is 3. The zero-order chi connectivity index (χ0) is 18.4. The molecule has 4 heteroatoms. The number of carbonyl (C=O) groups is 1. The monoisotopic (exact) mass is 346 g/mol. The quantitative estimate of drug-likeness (QED) is 0.796. The molecule has 0 saturated carbocycles. The largest absolute Gasteiger partial charge is 0.396 e. The lowest BCUT2D eigenvalue weighted by Gasteiger charge is -2.35. The van der Waals surface area contributed by atoms with Crippen molar-refractivity contribution in [2.24, 2.45) is 11.8 Å². The van der Waals surface area contributed by atoms with Crippen molar-refractivity contribution in [1.29, 1.82) is 0 Å². The molecule has 1 aromatic carbocycles. The second-order valence-corrected chi connectivity index (χ2v) is 7.88. The Bertz CT molecular complexity index is 551. The SMILES string of the molecule is Cc1ccccc1C(C)NC(CC(C)C)C(=O)N1CCC(CO)CC1. The summed E-state index contributed by atoms with van der Waals surface area (Å²) in [5.41, 5.74) is 2.50. The maximum atomic E-state index is 13.1. The van der Waals surface area contributed by atoms with Crippen LogP contribution in [-0.2, 0) is 4.79 Å². The van der Waals surface area contributed by atoms with Crippen LogP contribution in [0, 0.1) is 18.8 Å². The van der Waals surface area contributed by atoms with Crippen molar-refractivity contribution in [3.05, 3.63) is 35.4 Å².